The molecule has 0 radical (unpaired) electrons. The first-order chi connectivity index (χ1) is 11.8. The van der Waals surface area contributed by atoms with E-state index in [4.69, 9.17) is 0 Å². The Morgan fingerprint density at radius 3 is 2.44 bits per heavy atom. The summed E-state index contributed by atoms with van der Waals surface area (Å²) in [6.45, 7) is 4.20. The second kappa shape index (κ2) is 8.60. The molecule has 0 fully saturated rings. The van der Waals surface area contributed by atoms with Gasteiger partial charge in [-0.15, -0.1) is 0 Å². The van der Waals surface area contributed by atoms with E-state index in [2.05, 4.69) is 39.8 Å². The molecule has 0 aliphatic rings. The van der Waals surface area contributed by atoms with Crippen LogP contribution in [-0.2, 0) is 14.8 Å². The lowest BCUT2D eigenvalue weighted by Gasteiger charge is -2.10. The fourth-order valence-corrected chi connectivity index (χ4v) is 3.49. The molecule has 0 saturated heterocycles. The third-order valence-corrected chi connectivity index (χ3v) is 5.61. The Labute approximate surface area is 157 Å². The van der Waals surface area contributed by atoms with Crippen LogP contribution >= 0.6 is 15.9 Å². The molecule has 134 valence electrons. The Morgan fingerprint density at radius 1 is 1.12 bits per heavy atom. The lowest BCUT2D eigenvalue weighted by molar-refractivity contribution is -0.116. The van der Waals surface area contributed by atoms with E-state index < -0.39 is 10.0 Å². The molecule has 0 atom stereocenters. The zero-order valence-corrected chi connectivity index (χ0v) is 16.5. The molecule has 2 aromatic rings. The normalized spacial score (nSPS) is 11.5. The van der Waals surface area contributed by atoms with Gasteiger partial charge in [-0.1, -0.05) is 41.9 Å². The summed E-state index contributed by atoms with van der Waals surface area (Å²) in [6, 6.07) is 14.0. The molecule has 0 saturated carbocycles. The highest BCUT2D eigenvalue weighted by atomic mass is 79.9. The van der Waals surface area contributed by atoms with E-state index in [1.807, 2.05) is 24.3 Å². The van der Waals surface area contributed by atoms with Crippen LogP contribution in [0.2, 0.25) is 0 Å². The number of rotatable bonds is 7. The minimum atomic E-state index is -3.61. The number of sulfonamides is 1. The molecule has 1 amide bonds. The molecular weight excluding hydrogens is 404 g/mol. The molecule has 2 N–H and O–H groups in total. The number of nitrogens with one attached hydrogen (secondary N) is 2. The summed E-state index contributed by atoms with van der Waals surface area (Å²) in [4.78, 5) is 12.2. The zero-order chi connectivity index (χ0) is 18.4. The van der Waals surface area contributed by atoms with Gasteiger partial charge in [-0.05, 0) is 47.9 Å². The number of benzene rings is 2. The zero-order valence-electron chi connectivity index (χ0n) is 14.1. The van der Waals surface area contributed by atoms with Crippen LogP contribution in [0.4, 0.5) is 5.69 Å². The van der Waals surface area contributed by atoms with Crippen LogP contribution in [-0.4, -0.2) is 20.9 Å². The number of anilines is 1. The number of amides is 1. The molecular formula is C18H21BrN2O3S. The predicted molar refractivity (Wildman–Crippen MR) is 103 cm³/mol. The van der Waals surface area contributed by atoms with E-state index in [0.717, 1.165) is 10.0 Å². The average Bonchev–Trinajstić information content (AvgIpc) is 2.55. The minimum absolute atomic E-state index is 0.0358. The van der Waals surface area contributed by atoms with Crippen LogP contribution in [0.15, 0.2) is 57.9 Å². The highest BCUT2D eigenvalue weighted by Crippen LogP contribution is 2.18. The summed E-state index contributed by atoms with van der Waals surface area (Å²) < 4.78 is 27.5. The molecule has 0 unspecified atom stereocenters. The summed E-state index contributed by atoms with van der Waals surface area (Å²) in [5.41, 5.74) is 1.85. The predicted octanol–water partition coefficient (Wildman–Crippen LogP) is 3.88. The standard InChI is InChI=1S/C18H21BrN2O3S/c1-13(2)14-4-3-5-16(12-14)21-18(22)10-11-20-25(23,24)17-8-6-15(19)7-9-17/h3-9,12-13,20H,10-11H2,1-2H3,(H,21,22). The average molecular weight is 425 g/mol. The molecule has 2 rings (SSSR count). The number of carbonyl (C=O) groups excluding carboxylic acids is 1. The minimum Gasteiger partial charge on any atom is -0.326 e. The van der Waals surface area contributed by atoms with Crippen molar-refractivity contribution in [2.45, 2.75) is 31.1 Å². The molecule has 0 aromatic heterocycles. The SMILES string of the molecule is CC(C)c1cccc(NC(=O)CCNS(=O)(=O)c2ccc(Br)cc2)c1. The van der Waals surface area contributed by atoms with Gasteiger partial charge in [0, 0.05) is 23.1 Å². The van der Waals surface area contributed by atoms with Crippen molar-refractivity contribution in [3.8, 4) is 0 Å². The van der Waals surface area contributed by atoms with E-state index >= 15 is 0 Å². The Kier molecular flexibility index (Phi) is 6.75. The van der Waals surface area contributed by atoms with Crippen molar-refractivity contribution >= 4 is 37.5 Å². The molecule has 0 aliphatic heterocycles. The fourth-order valence-electron chi connectivity index (χ4n) is 2.20. The van der Waals surface area contributed by atoms with Crippen LogP contribution in [0.5, 0.6) is 0 Å². The molecule has 0 bridgehead atoms. The maximum absolute atomic E-state index is 12.1. The smallest absolute Gasteiger partial charge is 0.240 e. The summed E-state index contributed by atoms with van der Waals surface area (Å²) in [7, 11) is -3.61. The Morgan fingerprint density at radius 2 is 1.80 bits per heavy atom. The summed E-state index contributed by atoms with van der Waals surface area (Å²) in [5, 5.41) is 2.79. The maximum Gasteiger partial charge on any atom is 0.240 e. The number of hydrogen-bond donors (Lipinski definition) is 2. The summed E-state index contributed by atoms with van der Waals surface area (Å²) in [6.07, 6.45) is 0.0572. The molecule has 25 heavy (non-hydrogen) atoms. The Bertz CT molecular complexity index is 834. The van der Waals surface area contributed by atoms with Gasteiger partial charge in [0.2, 0.25) is 15.9 Å². The highest BCUT2D eigenvalue weighted by molar-refractivity contribution is 9.10. The second-order valence-electron chi connectivity index (χ2n) is 5.93. The highest BCUT2D eigenvalue weighted by Gasteiger charge is 2.14. The van der Waals surface area contributed by atoms with E-state index in [9.17, 15) is 13.2 Å². The van der Waals surface area contributed by atoms with Gasteiger partial charge < -0.3 is 5.32 Å². The quantitative estimate of drug-likeness (QED) is 0.707. The van der Waals surface area contributed by atoms with E-state index in [1.165, 1.54) is 12.1 Å². The lowest BCUT2D eigenvalue weighted by Crippen LogP contribution is -2.27. The molecule has 0 heterocycles. The van der Waals surface area contributed by atoms with Gasteiger partial charge in [0.25, 0.3) is 0 Å². The van der Waals surface area contributed by atoms with Crippen molar-refractivity contribution in [3.05, 3.63) is 58.6 Å². The number of carbonyl (C=O) groups is 1. The third kappa shape index (κ3) is 5.95. The Hall–Kier alpha value is -1.70. The van der Waals surface area contributed by atoms with Crippen LogP contribution in [0, 0.1) is 0 Å². The van der Waals surface area contributed by atoms with Crippen molar-refractivity contribution in [1.82, 2.24) is 4.72 Å². The van der Waals surface area contributed by atoms with Gasteiger partial charge in [-0.3, -0.25) is 4.79 Å². The van der Waals surface area contributed by atoms with Crippen molar-refractivity contribution in [1.29, 1.82) is 0 Å². The maximum atomic E-state index is 12.1. The van der Waals surface area contributed by atoms with Crippen LogP contribution in [0.3, 0.4) is 0 Å². The van der Waals surface area contributed by atoms with Gasteiger partial charge in [0.15, 0.2) is 0 Å². The number of hydrogen-bond acceptors (Lipinski definition) is 3. The first kappa shape index (κ1) is 19.6. The van der Waals surface area contributed by atoms with Crippen molar-refractivity contribution in [2.75, 3.05) is 11.9 Å². The van der Waals surface area contributed by atoms with Crippen LogP contribution in [0.1, 0.15) is 31.7 Å². The monoisotopic (exact) mass is 424 g/mol. The molecule has 2 aromatic carbocycles. The fraction of sp³-hybridized carbons (Fsp3) is 0.278. The van der Waals surface area contributed by atoms with Gasteiger partial charge >= 0.3 is 0 Å². The van der Waals surface area contributed by atoms with Crippen LogP contribution < -0.4 is 10.0 Å². The van der Waals surface area contributed by atoms with Crippen molar-refractivity contribution in [2.24, 2.45) is 0 Å². The lowest BCUT2D eigenvalue weighted by atomic mass is 10.0. The van der Waals surface area contributed by atoms with Gasteiger partial charge in [-0.2, -0.15) is 0 Å². The van der Waals surface area contributed by atoms with E-state index in [0.29, 0.717) is 11.6 Å². The second-order valence-corrected chi connectivity index (χ2v) is 8.61. The molecule has 5 nitrogen and oxygen atoms in total. The summed E-state index contributed by atoms with van der Waals surface area (Å²) in [5.74, 6) is 0.133. The van der Waals surface area contributed by atoms with E-state index in [-0.39, 0.29) is 23.8 Å². The molecule has 7 heteroatoms. The topological polar surface area (TPSA) is 75.3 Å². The first-order valence-electron chi connectivity index (χ1n) is 7.93. The van der Waals surface area contributed by atoms with Gasteiger partial charge in [0.1, 0.15) is 0 Å². The number of halogens is 1. The van der Waals surface area contributed by atoms with Crippen LogP contribution in [0.25, 0.3) is 0 Å². The third-order valence-electron chi connectivity index (χ3n) is 3.61. The Balaban J connectivity index is 1.88. The largest absolute Gasteiger partial charge is 0.326 e. The molecule has 0 aliphatic carbocycles. The van der Waals surface area contributed by atoms with Gasteiger partial charge in [0.05, 0.1) is 4.90 Å². The first-order valence-corrected chi connectivity index (χ1v) is 10.2. The summed E-state index contributed by atoms with van der Waals surface area (Å²) >= 11 is 3.26. The molecule has 0 spiro atoms. The van der Waals surface area contributed by atoms with E-state index in [1.54, 1.807) is 12.1 Å². The van der Waals surface area contributed by atoms with Crippen molar-refractivity contribution in [3.63, 3.8) is 0 Å². The van der Waals surface area contributed by atoms with Gasteiger partial charge in [-0.25, -0.2) is 13.1 Å². The van der Waals surface area contributed by atoms with Crippen molar-refractivity contribution < 1.29 is 13.2 Å².